The molecule has 2 N–H and O–H groups in total. The van der Waals surface area contributed by atoms with Crippen molar-refractivity contribution in [3.63, 3.8) is 0 Å². The van der Waals surface area contributed by atoms with Gasteiger partial charge in [-0.3, -0.25) is 4.79 Å². The number of aliphatic hydroxyl groups is 2. The van der Waals surface area contributed by atoms with E-state index in [1.165, 1.54) is 38.5 Å². The second kappa shape index (κ2) is 24.5. The SMILES string of the molecule is C=CCOC12Oc3ccc(Oc4ccc5ccccc5c4)cc3C3C(CCCCO)C(CCCCO)C=C(C(=NOC(C)(C)C)CC1N(CCC)C(=O)CCCCCCCCCCC)C32. The second-order valence-electron chi connectivity index (χ2n) is 19.8. The second-order valence-corrected chi connectivity index (χ2v) is 19.8. The molecule has 356 valence electrons. The van der Waals surface area contributed by atoms with Crippen LogP contribution in [0.1, 0.15) is 162 Å². The van der Waals surface area contributed by atoms with Gasteiger partial charge in [0.25, 0.3) is 0 Å². The molecule has 65 heavy (non-hydrogen) atoms. The lowest BCUT2D eigenvalue weighted by Crippen LogP contribution is -2.70. The third-order valence-corrected chi connectivity index (χ3v) is 13.7. The van der Waals surface area contributed by atoms with Crippen molar-refractivity contribution in [3.8, 4) is 17.2 Å². The first-order valence-corrected chi connectivity index (χ1v) is 25.3. The molecule has 3 aromatic carbocycles. The summed E-state index contributed by atoms with van der Waals surface area (Å²) in [7, 11) is 0. The maximum Gasteiger partial charge on any atom is 0.239 e. The maximum atomic E-state index is 14.8. The molecule has 2 aliphatic carbocycles. The van der Waals surface area contributed by atoms with E-state index in [9.17, 15) is 15.0 Å². The number of hydrogen-bond donors (Lipinski definition) is 2. The van der Waals surface area contributed by atoms with E-state index in [2.05, 4.69) is 61.7 Å². The summed E-state index contributed by atoms with van der Waals surface area (Å²) >= 11 is 0. The number of hydrogen-bond acceptors (Lipinski definition) is 8. The number of carbonyl (C=O) groups is 1. The van der Waals surface area contributed by atoms with Gasteiger partial charge in [0.05, 0.1) is 18.2 Å². The fourth-order valence-corrected chi connectivity index (χ4v) is 10.7. The fraction of sp³-hybridized carbons (Fsp3) is 0.607. The van der Waals surface area contributed by atoms with Gasteiger partial charge in [-0.25, -0.2) is 0 Å². The minimum atomic E-state index is -1.27. The Balaban J connectivity index is 1.47. The number of rotatable bonds is 27. The lowest BCUT2D eigenvalue weighted by Gasteiger charge is -2.60. The molecule has 6 atom stereocenters. The largest absolute Gasteiger partial charge is 0.459 e. The van der Waals surface area contributed by atoms with Crippen molar-refractivity contribution in [3.05, 3.63) is 90.5 Å². The summed E-state index contributed by atoms with van der Waals surface area (Å²) in [5.74, 6) is 0.816. The molecule has 0 saturated heterocycles. The summed E-state index contributed by atoms with van der Waals surface area (Å²) in [6.07, 6.45) is 21.4. The Bertz CT molecular complexity index is 2040. The highest BCUT2D eigenvalue weighted by atomic mass is 16.7. The zero-order valence-electron chi connectivity index (χ0n) is 40.4. The number of amides is 1. The highest BCUT2D eigenvalue weighted by molar-refractivity contribution is 6.03. The average molecular weight is 893 g/mol. The summed E-state index contributed by atoms with van der Waals surface area (Å²) in [5.41, 5.74) is 2.36. The molecular weight excluding hydrogens is 813 g/mol. The molecule has 0 bridgehead atoms. The van der Waals surface area contributed by atoms with E-state index >= 15 is 0 Å². The van der Waals surface area contributed by atoms with E-state index in [1.54, 1.807) is 6.08 Å². The molecule has 9 heteroatoms. The first-order chi connectivity index (χ1) is 31.6. The molecule has 0 spiro atoms. The smallest absolute Gasteiger partial charge is 0.239 e. The van der Waals surface area contributed by atoms with Gasteiger partial charge in [0.1, 0.15) is 28.9 Å². The van der Waals surface area contributed by atoms with E-state index in [-0.39, 0.29) is 49.4 Å². The van der Waals surface area contributed by atoms with Crippen molar-refractivity contribution < 1.29 is 34.1 Å². The number of benzene rings is 3. The molecule has 0 aromatic heterocycles. The fourth-order valence-electron chi connectivity index (χ4n) is 10.7. The molecule has 6 unspecified atom stereocenters. The number of aliphatic hydroxyl groups excluding tert-OH is 2. The number of unbranched alkanes of at least 4 members (excludes halogenated alkanes) is 10. The molecule has 1 heterocycles. The predicted molar refractivity (Wildman–Crippen MR) is 264 cm³/mol. The summed E-state index contributed by atoms with van der Waals surface area (Å²) in [6, 6.07) is 20.1. The Hall–Kier alpha value is -4.18. The normalized spacial score (nSPS) is 23.0. The van der Waals surface area contributed by atoms with Gasteiger partial charge in [0, 0.05) is 44.1 Å². The van der Waals surface area contributed by atoms with E-state index in [1.807, 2.05) is 51.1 Å². The zero-order chi connectivity index (χ0) is 46.2. The minimum Gasteiger partial charge on any atom is -0.459 e. The molecule has 0 radical (unpaired) electrons. The van der Waals surface area contributed by atoms with Gasteiger partial charge in [0.15, 0.2) is 0 Å². The zero-order valence-corrected chi connectivity index (χ0v) is 40.4. The van der Waals surface area contributed by atoms with Crippen LogP contribution >= 0.6 is 0 Å². The summed E-state index contributed by atoms with van der Waals surface area (Å²) in [6.45, 7) is 15.6. The number of fused-ring (bicyclic) bond motifs is 3. The topological polar surface area (TPSA) is 110 Å². The van der Waals surface area contributed by atoms with Crippen LogP contribution in [-0.2, 0) is 14.4 Å². The van der Waals surface area contributed by atoms with Crippen molar-refractivity contribution in [1.29, 1.82) is 0 Å². The van der Waals surface area contributed by atoms with Crippen LogP contribution in [0.2, 0.25) is 0 Å². The first-order valence-electron chi connectivity index (χ1n) is 25.3. The van der Waals surface area contributed by atoms with Gasteiger partial charge in [0.2, 0.25) is 11.7 Å². The van der Waals surface area contributed by atoms with Gasteiger partial charge in [-0.05, 0) is 118 Å². The van der Waals surface area contributed by atoms with Crippen LogP contribution < -0.4 is 9.47 Å². The lowest BCUT2D eigenvalue weighted by molar-refractivity contribution is -0.257. The van der Waals surface area contributed by atoms with Gasteiger partial charge in [-0.15, -0.1) is 6.58 Å². The van der Waals surface area contributed by atoms with Crippen molar-refractivity contribution >= 4 is 22.4 Å². The van der Waals surface area contributed by atoms with Crippen LogP contribution in [0.25, 0.3) is 10.8 Å². The van der Waals surface area contributed by atoms with Crippen LogP contribution in [0.3, 0.4) is 0 Å². The van der Waals surface area contributed by atoms with E-state index in [0.717, 1.165) is 96.9 Å². The molecule has 3 aliphatic rings. The summed E-state index contributed by atoms with van der Waals surface area (Å²) in [4.78, 5) is 23.2. The summed E-state index contributed by atoms with van der Waals surface area (Å²) < 4.78 is 21.4. The third-order valence-electron chi connectivity index (χ3n) is 13.7. The Morgan fingerprint density at radius 2 is 1.52 bits per heavy atom. The monoisotopic (exact) mass is 893 g/mol. The van der Waals surface area contributed by atoms with Crippen molar-refractivity contribution in [2.24, 2.45) is 22.9 Å². The summed E-state index contributed by atoms with van der Waals surface area (Å²) in [5, 5.41) is 27.3. The molecule has 1 amide bonds. The van der Waals surface area contributed by atoms with Crippen molar-refractivity contribution in [2.75, 3.05) is 26.4 Å². The number of carbonyl (C=O) groups excluding carboxylic acids is 1. The predicted octanol–water partition coefficient (Wildman–Crippen LogP) is 13.2. The Labute approximate surface area is 390 Å². The average Bonchev–Trinajstić information content (AvgIpc) is 3.29. The van der Waals surface area contributed by atoms with Gasteiger partial charge in [-0.1, -0.05) is 126 Å². The first kappa shape index (κ1) is 50.2. The Morgan fingerprint density at radius 3 is 2.22 bits per heavy atom. The molecule has 1 saturated carbocycles. The van der Waals surface area contributed by atoms with Gasteiger partial charge >= 0.3 is 0 Å². The van der Waals surface area contributed by atoms with Crippen LogP contribution in [0, 0.1) is 17.8 Å². The van der Waals surface area contributed by atoms with E-state index in [4.69, 9.17) is 24.2 Å². The molecular formula is C56H80N2O7. The van der Waals surface area contributed by atoms with Crippen LogP contribution in [-0.4, -0.2) is 70.5 Å². The van der Waals surface area contributed by atoms with Crippen LogP contribution in [0.15, 0.2) is 90.1 Å². The molecule has 1 fully saturated rings. The number of allylic oxidation sites excluding steroid dienone is 1. The molecule has 1 aliphatic heterocycles. The van der Waals surface area contributed by atoms with Gasteiger partial charge in [-0.2, -0.15) is 0 Å². The quantitative estimate of drug-likeness (QED) is 0.0445. The standard InChI is InChI=1S/C56H80N2O7/c1-7-10-11-12-13-14-15-16-17-28-52(61)58(33-8-2)51-40-49(57-65-55(4,5)6)47-38-43(26-20-22-34-59)46(27-21-23-35-60)53-48-39-45(63-44-30-29-41-24-18-19-25-42(41)37-44)31-32-50(48)64-56(51,54(47)53)62-36-9-3/h9,18-19,24-25,29-32,37-39,43,46,51,53-54,59-60H,3,7-8,10-17,20-23,26-28,33-36,40H2,1-2,4-6H3. The highest BCUT2D eigenvalue weighted by Crippen LogP contribution is 2.62. The van der Waals surface area contributed by atoms with Crippen LogP contribution in [0.4, 0.5) is 0 Å². The third kappa shape index (κ3) is 12.8. The van der Waals surface area contributed by atoms with E-state index < -0.39 is 17.4 Å². The Morgan fingerprint density at radius 1 is 0.846 bits per heavy atom. The maximum absolute atomic E-state index is 14.8. The lowest BCUT2D eigenvalue weighted by atomic mass is 9.55. The van der Waals surface area contributed by atoms with Crippen LogP contribution in [0.5, 0.6) is 17.2 Å². The number of nitrogens with zero attached hydrogens (tertiary/aromatic N) is 2. The highest BCUT2D eigenvalue weighted by Gasteiger charge is 2.65. The minimum absolute atomic E-state index is 0.118. The van der Waals surface area contributed by atoms with Crippen molar-refractivity contribution in [2.45, 2.75) is 174 Å². The molecule has 6 rings (SSSR count). The molecule has 3 aromatic rings. The Kier molecular flexibility index (Phi) is 19.0. The van der Waals surface area contributed by atoms with E-state index in [0.29, 0.717) is 31.6 Å². The van der Waals surface area contributed by atoms with Crippen molar-refractivity contribution in [1.82, 2.24) is 4.90 Å². The number of oxime groups is 1. The molecule has 9 nitrogen and oxygen atoms in total. The van der Waals surface area contributed by atoms with Gasteiger partial charge < -0.3 is 34.2 Å². The number of ether oxygens (including phenoxy) is 3.